The van der Waals surface area contributed by atoms with Crippen molar-refractivity contribution < 1.29 is 4.74 Å². The third-order valence-corrected chi connectivity index (χ3v) is 3.40. The van der Waals surface area contributed by atoms with Crippen LogP contribution in [0.5, 0.6) is 5.75 Å². The zero-order valence-corrected chi connectivity index (χ0v) is 17.1. The Morgan fingerprint density at radius 3 is 2.62 bits per heavy atom. The van der Waals surface area contributed by atoms with E-state index >= 15 is 0 Å². The average Bonchev–Trinajstić information content (AvgIpc) is 2.95. The Balaban J connectivity index is 0.00000288. The van der Waals surface area contributed by atoms with Gasteiger partial charge in [-0.2, -0.15) is 5.10 Å². The number of hydrogen-bond donors (Lipinski definition) is 2. The molecule has 0 spiro atoms. The summed E-state index contributed by atoms with van der Waals surface area (Å²) in [5.74, 6) is 1.52. The first-order valence-corrected chi connectivity index (χ1v) is 7.79. The first-order valence-electron chi connectivity index (χ1n) is 7.41. The van der Waals surface area contributed by atoms with E-state index in [2.05, 4.69) is 20.7 Å². The molecule has 6 nitrogen and oxygen atoms in total. The highest BCUT2D eigenvalue weighted by Gasteiger charge is 2.06. The summed E-state index contributed by atoms with van der Waals surface area (Å²) < 4.78 is 7.59. The highest BCUT2D eigenvalue weighted by atomic mass is 127. The van der Waals surface area contributed by atoms with Crippen molar-refractivity contribution >= 4 is 41.5 Å². The van der Waals surface area contributed by atoms with Gasteiger partial charge < -0.3 is 15.4 Å². The van der Waals surface area contributed by atoms with Crippen LogP contribution < -0.4 is 15.4 Å². The van der Waals surface area contributed by atoms with Crippen molar-refractivity contribution in [1.29, 1.82) is 0 Å². The Hall–Kier alpha value is -1.48. The number of aryl methyl sites for hydroxylation is 1. The number of aromatic nitrogens is 2. The van der Waals surface area contributed by atoms with Gasteiger partial charge >= 0.3 is 0 Å². The van der Waals surface area contributed by atoms with Crippen LogP contribution in [0.15, 0.2) is 41.7 Å². The van der Waals surface area contributed by atoms with E-state index in [1.807, 2.05) is 50.6 Å². The van der Waals surface area contributed by atoms with E-state index in [0.29, 0.717) is 18.1 Å². The summed E-state index contributed by atoms with van der Waals surface area (Å²) >= 11 is 5.86. The summed E-state index contributed by atoms with van der Waals surface area (Å²) in [6.07, 6.45) is 3.78. The average molecular weight is 464 g/mol. The van der Waals surface area contributed by atoms with Crippen molar-refractivity contribution in [3.05, 3.63) is 47.2 Å². The molecule has 0 saturated heterocycles. The maximum atomic E-state index is 5.86. The number of guanidine groups is 1. The van der Waals surface area contributed by atoms with Crippen molar-refractivity contribution in [3.63, 3.8) is 0 Å². The van der Waals surface area contributed by atoms with E-state index in [0.717, 1.165) is 17.3 Å². The molecular formula is C16H23ClIN5O. The smallest absolute Gasteiger partial charge is 0.191 e. The summed E-state index contributed by atoms with van der Waals surface area (Å²) in [6.45, 7) is 3.30. The molecule has 24 heavy (non-hydrogen) atoms. The number of nitrogens with one attached hydrogen (secondary N) is 2. The van der Waals surface area contributed by atoms with Crippen LogP contribution in [0.1, 0.15) is 12.5 Å². The molecule has 0 bridgehead atoms. The lowest BCUT2D eigenvalue weighted by Crippen LogP contribution is -2.41. The van der Waals surface area contributed by atoms with Gasteiger partial charge in [0.2, 0.25) is 0 Å². The van der Waals surface area contributed by atoms with Gasteiger partial charge in [0.25, 0.3) is 0 Å². The van der Waals surface area contributed by atoms with Gasteiger partial charge in [-0.3, -0.25) is 9.67 Å². The van der Waals surface area contributed by atoms with E-state index in [9.17, 15) is 0 Å². The third-order valence-electron chi connectivity index (χ3n) is 3.15. The molecule has 0 aliphatic rings. The minimum Gasteiger partial charge on any atom is -0.489 e. The SMILES string of the molecule is CN=C(NCc1cnn(C)c1)NCC(C)Oc1ccc(Cl)cc1.I. The van der Waals surface area contributed by atoms with Crippen LogP contribution in [0.2, 0.25) is 5.02 Å². The lowest BCUT2D eigenvalue weighted by molar-refractivity contribution is 0.224. The molecule has 1 aromatic carbocycles. The maximum absolute atomic E-state index is 5.86. The number of hydrogen-bond acceptors (Lipinski definition) is 3. The molecule has 1 unspecified atom stereocenters. The molecular weight excluding hydrogens is 441 g/mol. The fraction of sp³-hybridized carbons (Fsp3) is 0.375. The van der Waals surface area contributed by atoms with Gasteiger partial charge in [0, 0.05) is 37.4 Å². The molecule has 0 saturated carbocycles. The predicted octanol–water partition coefficient (Wildman–Crippen LogP) is 2.82. The molecule has 1 atom stereocenters. The largest absolute Gasteiger partial charge is 0.489 e. The Morgan fingerprint density at radius 2 is 2.04 bits per heavy atom. The monoisotopic (exact) mass is 463 g/mol. The first-order chi connectivity index (χ1) is 11.1. The number of halogens is 2. The van der Waals surface area contributed by atoms with Crippen LogP contribution >= 0.6 is 35.6 Å². The molecule has 0 aliphatic heterocycles. The van der Waals surface area contributed by atoms with Gasteiger partial charge in [0.1, 0.15) is 11.9 Å². The minimum atomic E-state index is -0.00637. The van der Waals surface area contributed by atoms with Crippen LogP contribution in [0, 0.1) is 0 Å². The second-order valence-corrected chi connectivity index (χ2v) is 5.65. The first kappa shape index (κ1) is 20.6. The van der Waals surface area contributed by atoms with Crippen molar-refractivity contribution in [2.45, 2.75) is 19.6 Å². The number of aliphatic imine (C=N–C) groups is 1. The normalized spacial score (nSPS) is 12.2. The summed E-state index contributed by atoms with van der Waals surface area (Å²) in [4.78, 5) is 4.19. The zero-order valence-electron chi connectivity index (χ0n) is 14.0. The number of nitrogens with zero attached hydrogens (tertiary/aromatic N) is 3. The highest BCUT2D eigenvalue weighted by molar-refractivity contribution is 14.0. The van der Waals surface area contributed by atoms with Gasteiger partial charge in [-0.25, -0.2) is 0 Å². The van der Waals surface area contributed by atoms with E-state index in [1.165, 1.54) is 0 Å². The van der Waals surface area contributed by atoms with E-state index < -0.39 is 0 Å². The molecule has 1 heterocycles. The van der Waals surface area contributed by atoms with Crippen molar-refractivity contribution in [2.75, 3.05) is 13.6 Å². The Labute approximate surface area is 164 Å². The second kappa shape index (κ2) is 10.4. The van der Waals surface area contributed by atoms with Crippen LogP contribution in [0.4, 0.5) is 0 Å². The lowest BCUT2D eigenvalue weighted by Gasteiger charge is -2.17. The predicted molar refractivity (Wildman–Crippen MR) is 108 cm³/mol. The van der Waals surface area contributed by atoms with Crippen molar-refractivity contribution in [2.24, 2.45) is 12.0 Å². The van der Waals surface area contributed by atoms with E-state index in [-0.39, 0.29) is 30.1 Å². The topological polar surface area (TPSA) is 63.5 Å². The van der Waals surface area contributed by atoms with Gasteiger partial charge in [-0.15, -0.1) is 24.0 Å². The molecule has 0 fully saturated rings. The summed E-state index contributed by atoms with van der Waals surface area (Å²) in [5.41, 5.74) is 1.10. The number of ether oxygens (including phenoxy) is 1. The van der Waals surface area contributed by atoms with E-state index in [1.54, 1.807) is 11.7 Å². The van der Waals surface area contributed by atoms with Gasteiger partial charge in [-0.05, 0) is 31.2 Å². The summed E-state index contributed by atoms with van der Waals surface area (Å²) in [5, 5.41) is 11.3. The fourth-order valence-electron chi connectivity index (χ4n) is 2.00. The van der Waals surface area contributed by atoms with Crippen molar-refractivity contribution in [3.8, 4) is 5.75 Å². The second-order valence-electron chi connectivity index (χ2n) is 5.21. The molecule has 2 N–H and O–H groups in total. The van der Waals surface area contributed by atoms with E-state index in [4.69, 9.17) is 16.3 Å². The number of benzene rings is 1. The molecule has 132 valence electrons. The quantitative estimate of drug-likeness (QED) is 0.393. The van der Waals surface area contributed by atoms with Crippen molar-refractivity contribution in [1.82, 2.24) is 20.4 Å². The molecule has 1 aromatic heterocycles. The fourth-order valence-corrected chi connectivity index (χ4v) is 2.12. The van der Waals surface area contributed by atoms with Crippen LogP contribution in [-0.4, -0.2) is 35.4 Å². The van der Waals surface area contributed by atoms with Gasteiger partial charge in [-0.1, -0.05) is 11.6 Å². The van der Waals surface area contributed by atoms with Crippen LogP contribution in [-0.2, 0) is 13.6 Å². The van der Waals surface area contributed by atoms with Gasteiger partial charge in [0.15, 0.2) is 5.96 Å². The third kappa shape index (κ3) is 6.96. The summed E-state index contributed by atoms with van der Waals surface area (Å²) in [6, 6.07) is 7.33. The number of rotatable bonds is 6. The Morgan fingerprint density at radius 1 is 1.33 bits per heavy atom. The minimum absolute atomic E-state index is 0. The Kier molecular flexibility index (Phi) is 8.91. The molecule has 8 heteroatoms. The maximum Gasteiger partial charge on any atom is 0.191 e. The zero-order chi connectivity index (χ0) is 16.7. The molecule has 2 aromatic rings. The Bertz CT molecular complexity index is 644. The molecule has 2 rings (SSSR count). The standard InChI is InChI=1S/C16H22ClN5O.HI/c1-12(23-15-6-4-14(17)5-7-15)8-19-16(18-2)20-9-13-10-21-22(3)11-13;/h4-7,10-12H,8-9H2,1-3H3,(H2,18,19,20);1H. The van der Waals surface area contributed by atoms with Crippen LogP contribution in [0.3, 0.4) is 0 Å². The molecule has 0 radical (unpaired) electrons. The summed E-state index contributed by atoms with van der Waals surface area (Å²) in [7, 11) is 3.63. The van der Waals surface area contributed by atoms with Gasteiger partial charge in [0.05, 0.1) is 12.7 Å². The highest BCUT2D eigenvalue weighted by Crippen LogP contribution is 2.16. The lowest BCUT2D eigenvalue weighted by atomic mass is 10.3. The molecule has 0 aliphatic carbocycles. The van der Waals surface area contributed by atoms with Crippen LogP contribution in [0.25, 0.3) is 0 Å². The molecule has 0 amide bonds.